The van der Waals surface area contributed by atoms with Gasteiger partial charge in [-0.15, -0.1) is 0 Å². The summed E-state index contributed by atoms with van der Waals surface area (Å²) in [6, 6.07) is 5.90. The van der Waals surface area contributed by atoms with E-state index >= 15 is 0 Å². The van der Waals surface area contributed by atoms with E-state index in [0.29, 0.717) is 13.1 Å². The molecule has 0 saturated heterocycles. The zero-order chi connectivity index (χ0) is 19.7. The Bertz CT molecular complexity index is 556. The first-order valence-electron chi connectivity index (χ1n) is 9.22. The van der Waals surface area contributed by atoms with E-state index < -0.39 is 10.4 Å². The Morgan fingerprint density at radius 3 is 1.92 bits per heavy atom. The number of unbranched alkanes of at least 4 members (excludes halogenated alkanes) is 8. The quantitative estimate of drug-likeness (QED) is 0.247. The smallest absolute Gasteiger partial charge is 0.224 e. The lowest BCUT2D eigenvalue weighted by Gasteiger charge is -2.03. The molecule has 0 spiro atoms. The molecule has 0 atom stereocenters. The van der Waals surface area contributed by atoms with E-state index in [-0.39, 0.29) is 5.91 Å². The molecule has 8 heteroatoms. The molecule has 1 rings (SSSR count). The molecule has 1 aromatic rings. The molecular weight excluding hydrogens is 356 g/mol. The lowest BCUT2D eigenvalue weighted by Crippen LogP contribution is -2.42. The molecule has 0 saturated carbocycles. The second-order valence-electron chi connectivity index (χ2n) is 6.15. The highest BCUT2D eigenvalue weighted by molar-refractivity contribution is 7.79. The third-order valence-electron chi connectivity index (χ3n) is 3.74. The van der Waals surface area contributed by atoms with Gasteiger partial charge in [-0.25, -0.2) is 8.42 Å². The number of carbonyl (C=O) groups excluding carboxylic acids is 1. The summed E-state index contributed by atoms with van der Waals surface area (Å²) >= 11 is 0. The first-order valence-corrected chi connectivity index (χ1v) is 10.6. The topological polar surface area (TPSA) is 110 Å². The molecule has 0 aliphatic rings. The van der Waals surface area contributed by atoms with Crippen molar-refractivity contribution in [2.24, 2.45) is 0 Å². The summed E-state index contributed by atoms with van der Waals surface area (Å²) in [5, 5.41) is 2.95. The van der Waals surface area contributed by atoms with Crippen molar-refractivity contribution in [1.29, 1.82) is 0 Å². The van der Waals surface area contributed by atoms with E-state index in [1.165, 1.54) is 51.4 Å². The zero-order valence-electron chi connectivity index (χ0n) is 15.6. The number of pyridine rings is 1. The highest BCUT2D eigenvalue weighted by Crippen LogP contribution is 2.10. The van der Waals surface area contributed by atoms with Gasteiger partial charge in [0.25, 0.3) is 0 Å². The number of hydrogen-bond donors (Lipinski definition) is 2. The Morgan fingerprint density at radius 1 is 0.962 bits per heavy atom. The van der Waals surface area contributed by atoms with Gasteiger partial charge in [0, 0.05) is 18.6 Å². The van der Waals surface area contributed by atoms with Gasteiger partial charge in [0.15, 0.2) is 12.4 Å². The molecule has 0 radical (unpaired) electrons. The van der Waals surface area contributed by atoms with Gasteiger partial charge in [-0.1, -0.05) is 64.4 Å². The lowest BCUT2D eigenvalue weighted by molar-refractivity contribution is -0.700. The average Bonchev–Trinajstić information content (AvgIpc) is 2.58. The molecule has 0 aliphatic heterocycles. The molecule has 0 fully saturated rings. The molecule has 0 bridgehead atoms. The molecule has 1 aromatic heterocycles. The van der Waals surface area contributed by atoms with Gasteiger partial charge >= 0.3 is 0 Å². The van der Waals surface area contributed by atoms with E-state index in [4.69, 9.17) is 17.5 Å². The van der Waals surface area contributed by atoms with E-state index in [0.717, 1.165) is 6.42 Å². The monoisotopic (exact) mass is 388 g/mol. The average molecular weight is 389 g/mol. The molecule has 2 N–H and O–H groups in total. The predicted octanol–water partition coefficient (Wildman–Crippen LogP) is 2.97. The van der Waals surface area contributed by atoms with E-state index in [1.807, 2.05) is 35.2 Å². The van der Waals surface area contributed by atoms with Gasteiger partial charge in [0.05, 0.1) is 0 Å². The minimum atomic E-state index is -4.92. The standard InChI is InChI=1S/C18H30N2O.H2O4S/c1-2-3-4-5-6-7-8-9-11-14-18(21)19-17-20-15-12-10-13-16-20;1-5(2,3)4/h10,12-13,15-16H,2-9,11,14,17H2,1H3;(H2,1,2,3,4). The Labute approximate surface area is 157 Å². The van der Waals surface area contributed by atoms with Crippen LogP contribution in [-0.2, 0) is 21.9 Å². The van der Waals surface area contributed by atoms with E-state index in [2.05, 4.69) is 12.2 Å². The molecular formula is C18H32N2O5S. The van der Waals surface area contributed by atoms with Crippen LogP contribution in [0.3, 0.4) is 0 Å². The van der Waals surface area contributed by atoms with Crippen LogP contribution < -0.4 is 9.88 Å². The number of hydrogen-bond acceptors (Lipinski definition) is 4. The first kappa shape index (κ1) is 24.5. The van der Waals surface area contributed by atoms with Crippen LogP contribution in [0.15, 0.2) is 30.6 Å². The van der Waals surface area contributed by atoms with Gasteiger partial charge in [-0.05, 0) is 6.42 Å². The van der Waals surface area contributed by atoms with Crippen molar-refractivity contribution in [3.63, 3.8) is 0 Å². The van der Waals surface area contributed by atoms with Crippen molar-refractivity contribution in [3.8, 4) is 0 Å². The summed E-state index contributed by atoms with van der Waals surface area (Å²) < 4.78 is 34.8. The minimum Gasteiger partial charge on any atom is -0.726 e. The summed E-state index contributed by atoms with van der Waals surface area (Å²) in [7, 11) is -4.92. The predicted molar refractivity (Wildman–Crippen MR) is 98.9 cm³/mol. The molecule has 0 aromatic carbocycles. The first-order chi connectivity index (χ1) is 12.3. The zero-order valence-corrected chi connectivity index (χ0v) is 16.4. The molecule has 0 unspecified atom stereocenters. The molecule has 1 amide bonds. The van der Waals surface area contributed by atoms with Crippen LogP contribution in [0, 0.1) is 0 Å². The fraction of sp³-hybridized carbons (Fsp3) is 0.667. The van der Waals surface area contributed by atoms with Crippen LogP contribution in [0.4, 0.5) is 0 Å². The summed E-state index contributed by atoms with van der Waals surface area (Å²) in [6.45, 7) is 2.82. The Hall–Kier alpha value is -1.51. The maximum atomic E-state index is 11.7. The summed E-state index contributed by atoms with van der Waals surface area (Å²) in [5.74, 6) is 0.161. The lowest BCUT2D eigenvalue weighted by atomic mass is 10.1. The van der Waals surface area contributed by atoms with Gasteiger partial charge in [-0.3, -0.25) is 9.35 Å². The normalized spacial score (nSPS) is 10.7. The van der Waals surface area contributed by atoms with Crippen molar-refractivity contribution in [2.45, 2.75) is 77.8 Å². The van der Waals surface area contributed by atoms with Crippen molar-refractivity contribution in [1.82, 2.24) is 5.32 Å². The third kappa shape index (κ3) is 20.5. The molecule has 150 valence electrons. The second kappa shape index (κ2) is 15.7. The Kier molecular flexibility index (Phi) is 14.8. The van der Waals surface area contributed by atoms with Gasteiger partial charge in [0.2, 0.25) is 23.0 Å². The van der Waals surface area contributed by atoms with Gasteiger partial charge in [-0.2, -0.15) is 4.57 Å². The number of nitrogens with zero attached hydrogens (tertiary/aromatic N) is 1. The third-order valence-corrected chi connectivity index (χ3v) is 3.74. The van der Waals surface area contributed by atoms with E-state index in [9.17, 15) is 4.79 Å². The van der Waals surface area contributed by atoms with Crippen LogP contribution in [0.5, 0.6) is 0 Å². The van der Waals surface area contributed by atoms with Crippen LogP contribution in [-0.4, -0.2) is 23.4 Å². The maximum absolute atomic E-state index is 11.7. The number of aromatic nitrogens is 1. The second-order valence-corrected chi connectivity index (χ2v) is 7.01. The number of rotatable bonds is 12. The fourth-order valence-electron chi connectivity index (χ4n) is 2.40. The molecule has 7 nitrogen and oxygen atoms in total. The van der Waals surface area contributed by atoms with Crippen molar-refractivity contribution in [2.75, 3.05) is 0 Å². The number of amides is 1. The highest BCUT2D eigenvalue weighted by Gasteiger charge is 2.03. The Balaban J connectivity index is 0.00000110. The van der Waals surface area contributed by atoms with Gasteiger partial charge in [0.1, 0.15) is 0 Å². The highest BCUT2D eigenvalue weighted by atomic mass is 32.3. The minimum absolute atomic E-state index is 0.161. The van der Waals surface area contributed by atoms with Crippen molar-refractivity contribution < 1.29 is 26.9 Å². The van der Waals surface area contributed by atoms with Gasteiger partial charge < -0.3 is 9.87 Å². The molecule has 0 aliphatic carbocycles. The van der Waals surface area contributed by atoms with Crippen molar-refractivity contribution >= 4 is 16.3 Å². The van der Waals surface area contributed by atoms with Crippen LogP contribution >= 0.6 is 0 Å². The summed E-state index contributed by atoms with van der Waals surface area (Å²) in [4.78, 5) is 11.7. The van der Waals surface area contributed by atoms with Crippen LogP contribution in [0.2, 0.25) is 0 Å². The van der Waals surface area contributed by atoms with Crippen LogP contribution in [0.1, 0.15) is 71.1 Å². The fourth-order valence-corrected chi connectivity index (χ4v) is 2.40. The molecule has 26 heavy (non-hydrogen) atoms. The maximum Gasteiger partial charge on any atom is 0.224 e. The number of carbonyl (C=O) groups is 1. The molecule has 1 heterocycles. The Morgan fingerprint density at radius 2 is 1.42 bits per heavy atom. The SMILES string of the molecule is CCCCCCCCCCCC(=O)NC[n+]1ccccc1.O=S(=O)([O-])O. The van der Waals surface area contributed by atoms with Crippen LogP contribution in [0.25, 0.3) is 0 Å². The number of nitrogens with one attached hydrogen (secondary N) is 1. The summed E-state index contributed by atoms with van der Waals surface area (Å²) in [6.07, 6.45) is 16.2. The summed E-state index contributed by atoms with van der Waals surface area (Å²) in [5.41, 5.74) is 0. The van der Waals surface area contributed by atoms with Crippen molar-refractivity contribution in [3.05, 3.63) is 30.6 Å². The van der Waals surface area contributed by atoms with E-state index in [1.54, 1.807) is 0 Å². The largest absolute Gasteiger partial charge is 0.726 e.